The van der Waals surface area contributed by atoms with Crippen LogP contribution >= 0.6 is 12.2 Å². The number of nitrogens with one attached hydrogen (secondary N) is 1. The van der Waals surface area contributed by atoms with Crippen molar-refractivity contribution < 1.29 is 13.2 Å². The van der Waals surface area contributed by atoms with Crippen molar-refractivity contribution in [3.05, 3.63) is 46.0 Å². The van der Waals surface area contributed by atoms with Gasteiger partial charge in [0.25, 0.3) is 0 Å². The predicted octanol–water partition coefficient (Wildman–Crippen LogP) is 3.96. The van der Waals surface area contributed by atoms with Crippen LogP contribution in [0, 0.1) is 4.77 Å². The molecule has 0 amide bonds. The fraction of sp³-hybridized carbons (Fsp3) is 0.385. The van der Waals surface area contributed by atoms with Crippen LogP contribution in [0.1, 0.15) is 30.3 Å². The first-order valence-electron chi connectivity index (χ1n) is 6.22. The summed E-state index contributed by atoms with van der Waals surface area (Å²) in [6.07, 6.45) is -2.94. The second kappa shape index (κ2) is 5.78. The number of hydrogen-bond acceptors (Lipinski definition) is 2. The van der Waals surface area contributed by atoms with Gasteiger partial charge < -0.3 is 4.57 Å². The maximum atomic E-state index is 12.5. The van der Waals surface area contributed by atoms with Crippen LogP contribution < -0.4 is 0 Å². The minimum absolute atomic E-state index is 0.450. The van der Waals surface area contributed by atoms with E-state index in [0.29, 0.717) is 11.2 Å². The maximum absolute atomic E-state index is 12.5. The molecule has 2 aromatic rings. The molecule has 0 saturated heterocycles. The van der Waals surface area contributed by atoms with Gasteiger partial charge in [-0.05, 0) is 36.3 Å². The highest BCUT2D eigenvalue weighted by molar-refractivity contribution is 7.71. The lowest BCUT2D eigenvalue weighted by molar-refractivity contribution is -0.137. The smallest absolute Gasteiger partial charge is 0.304 e. The molecule has 0 saturated carbocycles. The van der Waals surface area contributed by atoms with E-state index in [1.807, 2.05) is 11.5 Å². The SMILES string of the molecule is CCCn1c(Cc2ccc(C(F)(F)F)cc2)n[nH]c1=S. The molecular formula is C13H14F3N3S. The predicted molar refractivity (Wildman–Crippen MR) is 72.0 cm³/mol. The monoisotopic (exact) mass is 301 g/mol. The Morgan fingerprint density at radius 2 is 1.90 bits per heavy atom. The summed E-state index contributed by atoms with van der Waals surface area (Å²) in [4.78, 5) is 0. The van der Waals surface area contributed by atoms with Crippen LogP contribution in [0.5, 0.6) is 0 Å². The van der Waals surface area contributed by atoms with Crippen LogP contribution in [0.2, 0.25) is 0 Å². The Balaban J connectivity index is 2.20. The summed E-state index contributed by atoms with van der Waals surface area (Å²) in [5.41, 5.74) is 0.123. The fourth-order valence-electron chi connectivity index (χ4n) is 1.93. The number of hydrogen-bond donors (Lipinski definition) is 1. The van der Waals surface area contributed by atoms with E-state index in [0.717, 1.165) is 36.5 Å². The molecule has 7 heteroatoms. The van der Waals surface area contributed by atoms with Gasteiger partial charge in [0.15, 0.2) is 4.77 Å². The molecule has 1 N–H and O–H groups in total. The molecule has 2 rings (SSSR count). The molecule has 1 aromatic carbocycles. The van der Waals surface area contributed by atoms with E-state index < -0.39 is 11.7 Å². The molecule has 0 bridgehead atoms. The van der Waals surface area contributed by atoms with Crippen LogP contribution in [0.15, 0.2) is 24.3 Å². The van der Waals surface area contributed by atoms with Crippen molar-refractivity contribution in [2.45, 2.75) is 32.5 Å². The van der Waals surface area contributed by atoms with Gasteiger partial charge in [-0.15, -0.1) is 0 Å². The zero-order valence-electron chi connectivity index (χ0n) is 10.9. The Morgan fingerprint density at radius 3 is 2.45 bits per heavy atom. The summed E-state index contributed by atoms with van der Waals surface area (Å²) >= 11 is 5.12. The second-order valence-corrected chi connectivity index (χ2v) is 4.85. The minimum atomic E-state index is -4.30. The van der Waals surface area contributed by atoms with Gasteiger partial charge in [-0.3, -0.25) is 5.10 Å². The van der Waals surface area contributed by atoms with Crippen LogP contribution in [0.4, 0.5) is 13.2 Å². The number of rotatable bonds is 4. The van der Waals surface area contributed by atoms with E-state index >= 15 is 0 Å². The van der Waals surface area contributed by atoms with Crippen molar-refractivity contribution in [1.29, 1.82) is 0 Å². The molecule has 0 radical (unpaired) electrons. The van der Waals surface area contributed by atoms with E-state index in [2.05, 4.69) is 10.2 Å². The topological polar surface area (TPSA) is 33.6 Å². The van der Waals surface area contributed by atoms with Crippen molar-refractivity contribution in [2.75, 3.05) is 0 Å². The first-order valence-corrected chi connectivity index (χ1v) is 6.63. The summed E-state index contributed by atoms with van der Waals surface area (Å²) < 4.78 is 39.8. The lowest BCUT2D eigenvalue weighted by atomic mass is 10.1. The number of H-pyrrole nitrogens is 1. The molecule has 0 spiro atoms. The maximum Gasteiger partial charge on any atom is 0.416 e. The van der Waals surface area contributed by atoms with Gasteiger partial charge in [0, 0.05) is 13.0 Å². The van der Waals surface area contributed by atoms with Crippen LogP contribution in [0.3, 0.4) is 0 Å². The first kappa shape index (κ1) is 14.8. The van der Waals surface area contributed by atoms with Gasteiger partial charge in [-0.25, -0.2) is 0 Å². The summed E-state index contributed by atoms with van der Waals surface area (Å²) in [5, 5.41) is 6.84. The molecule has 3 nitrogen and oxygen atoms in total. The average Bonchev–Trinajstić information content (AvgIpc) is 2.72. The fourth-order valence-corrected chi connectivity index (χ4v) is 2.18. The van der Waals surface area contributed by atoms with Gasteiger partial charge in [-0.1, -0.05) is 19.1 Å². The zero-order chi connectivity index (χ0) is 14.8. The first-order chi connectivity index (χ1) is 9.41. The summed E-state index contributed by atoms with van der Waals surface area (Å²) in [5.74, 6) is 0.733. The second-order valence-electron chi connectivity index (χ2n) is 4.47. The highest BCUT2D eigenvalue weighted by atomic mass is 32.1. The molecular weight excluding hydrogens is 287 g/mol. The van der Waals surface area contributed by atoms with Crippen LogP contribution in [-0.4, -0.2) is 14.8 Å². The van der Waals surface area contributed by atoms with Crippen LogP contribution in [0.25, 0.3) is 0 Å². The molecule has 108 valence electrons. The van der Waals surface area contributed by atoms with E-state index in [1.54, 1.807) is 0 Å². The third-order valence-corrected chi connectivity index (χ3v) is 3.24. The van der Waals surface area contributed by atoms with Crippen molar-refractivity contribution in [3.8, 4) is 0 Å². The Morgan fingerprint density at radius 1 is 1.25 bits per heavy atom. The van der Waals surface area contributed by atoms with Crippen molar-refractivity contribution in [3.63, 3.8) is 0 Å². The number of nitrogens with zero attached hydrogens (tertiary/aromatic N) is 2. The molecule has 1 aromatic heterocycles. The number of halogens is 3. The molecule has 20 heavy (non-hydrogen) atoms. The Labute approximate surface area is 119 Å². The van der Waals surface area contributed by atoms with E-state index in [9.17, 15) is 13.2 Å². The van der Waals surface area contributed by atoms with Gasteiger partial charge in [-0.2, -0.15) is 18.3 Å². The molecule has 0 aliphatic rings. The minimum Gasteiger partial charge on any atom is -0.304 e. The average molecular weight is 301 g/mol. The number of alkyl halides is 3. The Kier molecular flexibility index (Phi) is 4.27. The molecule has 0 unspecified atom stereocenters. The third-order valence-electron chi connectivity index (χ3n) is 2.93. The Bertz CT molecular complexity index is 626. The van der Waals surface area contributed by atoms with Crippen molar-refractivity contribution in [1.82, 2.24) is 14.8 Å². The van der Waals surface area contributed by atoms with E-state index in [-0.39, 0.29) is 0 Å². The molecule has 0 fully saturated rings. The van der Waals surface area contributed by atoms with Gasteiger partial charge >= 0.3 is 6.18 Å². The standard InChI is InChI=1S/C13H14F3N3S/c1-2-7-19-11(17-18-12(19)20)8-9-3-5-10(6-4-9)13(14,15)16/h3-6H,2,7-8H2,1H3,(H,18,20). The number of aromatic amines is 1. The molecule has 0 aliphatic heterocycles. The van der Waals surface area contributed by atoms with Crippen molar-refractivity contribution >= 4 is 12.2 Å². The van der Waals surface area contributed by atoms with E-state index in [4.69, 9.17) is 12.2 Å². The number of benzene rings is 1. The third kappa shape index (κ3) is 3.27. The zero-order valence-corrected chi connectivity index (χ0v) is 11.7. The molecule has 1 heterocycles. The molecule has 0 atom stereocenters. The highest BCUT2D eigenvalue weighted by Gasteiger charge is 2.29. The molecule has 0 aliphatic carbocycles. The van der Waals surface area contributed by atoms with Crippen molar-refractivity contribution in [2.24, 2.45) is 0 Å². The summed E-state index contributed by atoms with van der Waals surface area (Å²) in [6, 6.07) is 5.11. The van der Waals surface area contributed by atoms with Gasteiger partial charge in [0.1, 0.15) is 5.82 Å². The highest BCUT2D eigenvalue weighted by Crippen LogP contribution is 2.29. The lowest BCUT2D eigenvalue weighted by Gasteiger charge is -2.08. The summed E-state index contributed by atoms with van der Waals surface area (Å²) in [6.45, 7) is 2.77. The summed E-state index contributed by atoms with van der Waals surface area (Å²) in [7, 11) is 0. The lowest BCUT2D eigenvalue weighted by Crippen LogP contribution is -2.06. The van der Waals surface area contributed by atoms with E-state index in [1.165, 1.54) is 12.1 Å². The quantitative estimate of drug-likeness (QED) is 0.867. The Hall–Kier alpha value is -1.63. The van der Waals surface area contributed by atoms with Crippen LogP contribution in [-0.2, 0) is 19.1 Å². The number of aromatic nitrogens is 3. The largest absolute Gasteiger partial charge is 0.416 e. The van der Waals surface area contributed by atoms with Gasteiger partial charge in [0.05, 0.1) is 5.56 Å². The van der Waals surface area contributed by atoms with Gasteiger partial charge in [0.2, 0.25) is 0 Å². The normalized spacial score (nSPS) is 11.8.